The third-order valence-electron chi connectivity index (χ3n) is 3.72. The molecule has 1 fully saturated rings. The molecular weight excluding hydrogens is 270 g/mol. The summed E-state index contributed by atoms with van der Waals surface area (Å²) >= 11 is 5.19. The van der Waals surface area contributed by atoms with Gasteiger partial charge in [-0.1, -0.05) is 12.2 Å². The van der Waals surface area contributed by atoms with Gasteiger partial charge in [-0.05, 0) is 44.2 Å². The molecule has 1 aliphatic heterocycles. The van der Waals surface area contributed by atoms with Crippen LogP contribution < -0.4 is 10.6 Å². The van der Waals surface area contributed by atoms with Crippen LogP contribution in [0, 0.1) is 19.8 Å². The zero-order valence-electron chi connectivity index (χ0n) is 12.5. The predicted octanol–water partition coefficient (Wildman–Crippen LogP) is 2.20. The van der Waals surface area contributed by atoms with E-state index in [1.165, 1.54) is 6.42 Å². The summed E-state index contributed by atoms with van der Waals surface area (Å²) in [5.41, 5.74) is 8.85. The maximum Gasteiger partial charge on any atom is 0.139 e. The molecule has 1 unspecified atom stereocenters. The van der Waals surface area contributed by atoms with Crippen LogP contribution in [0.15, 0.2) is 6.07 Å². The number of anilines is 1. The number of pyridine rings is 1. The van der Waals surface area contributed by atoms with Gasteiger partial charge in [-0.15, -0.1) is 0 Å². The van der Waals surface area contributed by atoms with E-state index < -0.39 is 0 Å². The zero-order chi connectivity index (χ0) is 14.7. The van der Waals surface area contributed by atoms with Crippen molar-refractivity contribution in [1.29, 1.82) is 0 Å². The Balaban J connectivity index is 2.23. The lowest BCUT2D eigenvalue weighted by molar-refractivity contribution is 0.0576. The molecule has 0 aromatic carbocycles. The molecule has 1 aliphatic rings. The minimum Gasteiger partial charge on any atom is -0.389 e. The third kappa shape index (κ3) is 3.46. The van der Waals surface area contributed by atoms with Gasteiger partial charge in [0.2, 0.25) is 0 Å². The average Bonchev–Trinajstić information content (AvgIpc) is 2.38. The van der Waals surface area contributed by atoms with E-state index in [0.29, 0.717) is 10.9 Å². The molecule has 4 nitrogen and oxygen atoms in total. The Kier molecular flexibility index (Phi) is 4.94. The molecule has 0 amide bonds. The monoisotopic (exact) mass is 293 g/mol. The summed E-state index contributed by atoms with van der Waals surface area (Å²) in [4.78, 5) is 7.21. The number of thiocarbonyl (C=S) groups is 1. The van der Waals surface area contributed by atoms with Crippen molar-refractivity contribution in [2.75, 3.05) is 31.7 Å². The largest absolute Gasteiger partial charge is 0.389 e. The molecule has 0 aliphatic carbocycles. The van der Waals surface area contributed by atoms with Crippen molar-refractivity contribution in [3.63, 3.8) is 0 Å². The summed E-state index contributed by atoms with van der Waals surface area (Å²) in [5, 5.41) is 0. The lowest BCUT2D eigenvalue weighted by atomic mass is 10.0. The average molecular weight is 293 g/mol. The first kappa shape index (κ1) is 15.2. The van der Waals surface area contributed by atoms with Crippen molar-refractivity contribution in [1.82, 2.24) is 4.98 Å². The normalized spacial score (nSPS) is 18.9. The first-order valence-corrected chi connectivity index (χ1v) is 7.46. The maximum absolute atomic E-state index is 5.88. The molecule has 110 valence electrons. The molecule has 2 N–H and O–H groups in total. The first-order valence-electron chi connectivity index (χ1n) is 7.06. The number of aromatic nitrogens is 1. The van der Waals surface area contributed by atoms with E-state index in [1.54, 1.807) is 0 Å². The summed E-state index contributed by atoms with van der Waals surface area (Å²) in [6.07, 6.45) is 2.35. The summed E-state index contributed by atoms with van der Waals surface area (Å²) in [6.45, 7) is 6.67. The fraction of sp³-hybridized carbons (Fsp3) is 0.600. The highest BCUT2D eigenvalue weighted by Crippen LogP contribution is 2.24. The number of rotatable bonds is 4. The van der Waals surface area contributed by atoms with Crippen LogP contribution in [-0.4, -0.2) is 36.8 Å². The van der Waals surface area contributed by atoms with Crippen LogP contribution in [0.2, 0.25) is 0 Å². The van der Waals surface area contributed by atoms with Crippen LogP contribution in [0.1, 0.15) is 29.7 Å². The predicted molar refractivity (Wildman–Crippen MR) is 86.4 cm³/mol. The second kappa shape index (κ2) is 6.50. The topological polar surface area (TPSA) is 51.4 Å². The van der Waals surface area contributed by atoms with Crippen LogP contribution >= 0.6 is 12.2 Å². The fourth-order valence-corrected chi connectivity index (χ4v) is 3.08. The molecule has 2 rings (SSSR count). The van der Waals surface area contributed by atoms with Crippen molar-refractivity contribution in [2.45, 2.75) is 26.7 Å². The Morgan fingerprint density at radius 2 is 2.30 bits per heavy atom. The van der Waals surface area contributed by atoms with E-state index in [1.807, 2.05) is 19.9 Å². The highest BCUT2D eigenvalue weighted by Gasteiger charge is 2.20. The van der Waals surface area contributed by atoms with Gasteiger partial charge in [0.05, 0.1) is 12.2 Å². The summed E-state index contributed by atoms with van der Waals surface area (Å²) in [5.74, 6) is 1.44. The van der Waals surface area contributed by atoms with Gasteiger partial charge in [0.1, 0.15) is 10.8 Å². The summed E-state index contributed by atoms with van der Waals surface area (Å²) in [6, 6.07) is 2.02. The number of nitrogens with two attached hydrogens (primary N) is 1. The Labute approximate surface area is 126 Å². The fourth-order valence-electron chi connectivity index (χ4n) is 2.82. The van der Waals surface area contributed by atoms with Crippen molar-refractivity contribution >= 4 is 23.0 Å². The minimum atomic E-state index is 0.414. The molecule has 5 heteroatoms. The van der Waals surface area contributed by atoms with Gasteiger partial charge in [0.25, 0.3) is 0 Å². The second-order valence-electron chi connectivity index (χ2n) is 5.61. The molecule has 2 heterocycles. The van der Waals surface area contributed by atoms with Gasteiger partial charge < -0.3 is 15.4 Å². The van der Waals surface area contributed by atoms with E-state index in [9.17, 15) is 0 Å². The van der Waals surface area contributed by atoms with E-state index >= 15 is 0 Å². The minimum absolute atomic E-state index is 0.414. The standard InChI is InChI=1S/C15H23N3OS/c1-10-7-11(2)17-15(13(10)14(16)20)18(3)8-12-5-4-6-19-9-12/h7,12H,4-6,8-9H2,1-3H3,(H2,16,20). The summed E-state index contributed by atoms with van der Waals surface area (Å²) in [7, 11) is 2.05. The van der Waals surface area contributed by atoms with Crippen molar-refractivity contribution in [2.24, 2.45) is 11.7 Å². The third-order valence-corrected chi connectivity index (χ3v) is 3.92. The smallest absolute Gasteiger partial charge is 0.139 e. The van der Waals surface area contributed by atoms with Crippen LogP contribution in [0.5, 0.6) is 0 Å². The van der Waals surface area contributed by atoms with Crippen LogP contribution in [0.4, 0.5) is 5.82 Å². The number of hydrogen-bond donors (Lipinski definition) is 1. The molecule has 1 saturated heterocycles. The number of aryl methyl sites for hydroxylation is 2. The molecular formula is C15H23N3OS. The van der Waals surface area contributed by atoms with Gasteiger partial charge in [-0.3, -0.25) is 0 Å². The quantitative estimate of drug-likeness (QED) is 0.863. The molecule has 0 bridgehead atoms. The van der Waals surface area contributed by atoms with Crippen LogP contribution in [-0.2, 0) is 4.74 Å². The van der Waals surface area contributed by atoms with Crippen molar-refractivity contribution in [3.05, 3.63) is 22.9 Å². The molecule has 20 heavy (non-hydrogen) atoms. The number of ether oxygens (including phenoxy) is 1. The van der Waals surface area contributed by atoms with E-state index in [-0.39, 0.29) is 0 Å². The zero-order valence-corrected chi connectivity index (χ0v) is 13.3. The molecule has 1 aromatic rings. The lowest BCUT2D eigenvalue weighted by Gasteiger charge is -2.29. The molecule has 0 saturated carbocycles. The maximum atomic E-state index is 5.88. The molecule has 0 spiro atoms. The van der Waals surface area contributed by atoms with Gasteiger partial charge in [0.15, 0.2) is 0 Å². The van der Waals surface area contributed by atoms with Crippen LogP contribution in [0.25, 0.3) is 0 Å². The van der Waals surface area contributed by atoms with Gasteiger partial charge in [0, 0.05) is 25.9 Å². The summed E-state index contributed by atoms with van der Waals surface area (Å²) < 4.78 is 5.55. The Morgan fingerprint density at radius 1 is 1.55 bits per heavy atom. The molecule has 1 atom stereocenters. The highest BCUT2D eigenvalue weighted by atomic mass is 32.1. The van der Waals surface area contributed by atoms with Gasteiger partial charge in [-0.2, -0.15) is 0 Å². The number of nitrogens with zero attached hydrogens (tertiary/aromatic N) is 2. The molecule has 0 radical (unpaired) electrons. The van der Waals surface area contributed by atoms with Crippen LogP contribution in [0.3, 0.4) is 0 Å². The first-order chi connectivity index (χ1) is 9.49. The Morgan fingerprint density at radius 3 is 2.90 bits per heavy atom. The Hall–Kier alpha value is -1.20. The number of hydrogen-bond acceptors (Lipinski definition) is 4. The van der Waals surface area contributed by atoms with Gasteiger partial charge in [-0.25, -0.2) is 4.98 Å². The Bertz CT molecular complexity index is 498. The van der Waals surface area contributed by atoms with Gasteiger partial charge >= 0.3 is 0 Å². The molecule has 1 aromatic heterocycles. The van der Waals surface area contributed by atoms with E-state index in [0.717, 1.165) is 48.8 Å². The van der Waals surface area contributed by atoms with Crippen molar-refractivity contribution < 1.29 is 4.74 Å². The highest BCUT2D eigenvalue weighted by molar-refractivity contribution is 7.80. The van der Waals surface area contributed by atoms with E-state index in [2.05, 4.69) is 16.9 Å². The lowest BCUT2D eigenvalue weighted by Crippen LogP contribution is -2.33. The SMILES string of the molecule is Cc1cc(C)c(C(N)=S)c(N(C)CC2CCCOC2)n1. The second-order valence-corrected chi connectivity index (χ2v) is 6.05. The van der Waals surface area contributed by atoms with Crippen molar-refractivity contribution in [3.8, 4) is 0 Å². The van der Waals surface area contributed by atoms with E-state index in [4.69, 9.17) is 22.7 Å².